The molecular formula is C11H12N2S. The molecule has 1 aliphatic heterocycles. The molecule has 0 fully saturated rings. The molecular weight excluding hydrogens is 192 g/mol. The molecule has 0 N–H and O–H groups in total. The van der Waals surface area contributed by atoms with Crippen molar-refractivity contribution >= 4 is 17.4 Å². The van der Waals surface area contributed by atoms with E-state index in [1.165, 1.54) is 22.7 Å². The first kappa shape index (κ1) is 8.36. The van der Waals surface area contributed by atoms with Gasteiger partial charge in [0.1, 0.15) is 5.65 Å². The lowest BCUT2D eigenvalue weighted by Gasteiger charge is -2.09. The van der Waals surface area contributed by atoms with E-state index < -0.39 is 0 Å². The molecule has 0 saturated heterocycles. The number of imidazole rings is 1. The van der Waals surface area contributed by atoms with Crippen molar-refractivity contribution in [1.82, 2.24) is 9.38 Å². The second-order valence-corrected chi connectivity index (χ2v) is 4.80. The number of nitrogens with zero attached hydrogens (tertiary/aromatic N) is 2. The van der Waals surface area contributed by atoms with Crippen LogP contribution in [0.1, 0.15) is 17.0 Å². The Morgan fingerprint density at radius 2 is 2.43 bits per heavy atom. The largest absolute Gasteiger partial charge is 0.303 e. The Morgan fingerprint density at radius 1 is 1.50 bits per heavy atom. The van der Waals surface area contributed by atoms with Crippen molar-refractivity contribution in [2.45, 2.75) is 19.1 Å². The minimum atomic E-state index is 1.11. The Balaban J connectivity index is 2.36. The third kappa shape index (κ3) is 1.08. The number of thioether (sulfide) groups is 1. The summed E-state index contributed by atoms with van der Waals surface area (Å²) in [5.41, 5.74) is 5.12. The fraction of sp³-hybridized carbons (Fsp3) is 0.364. The van der Waals surface area contributed by atoms with Crippen molar-refractivity contribution in [2.75, 3.05) is 5.75 Å². The predicted molar refractivity (Wildman–Crippen MR) is 59.8 cm³/mol. The van der Waals surface area contributed by atoms with Gasteiger partial charge < -0.3 is 4.40 Å². The van der Waals surface area contributed by atoms with Crippen LogP contribution in [-0.4, -0.2) is 15.1 Å². The van der Waals surface area contributed by atoms with Crippen LogP contribution in [0, 0.1) is 6.92 Å². The average molecular weight is 204 g/mol. The summed E-state index contributed by atoms with van der Waals surface area (Å²) in [6.45, 7) is 2.13. The SMILES string of the molecule is Cc1cccn2c3c(nc12)CCSC3. The maximum atomic E-state index is 4.70. The van der Waals surface area contributed by atoms with Gasteiger partial charge in [-0.15, -0.1) is 0 Å². The first-order valence-corrected chi connectivity index (χ1v) is 6.05. The normalized spacial score (nSPS) is 15.8. The Hall–Kier alpha value is -0.960. The summed E-state index contributed by atoms with van der Waals surface area (Å²) >= 11 is 2.00. The predicted octanol–water partition coefficient (Wildman–Crippen LogP) is 2.43. The summed E-state index contributed by atoms with van der Waals surface area (Å²) in [4.78, 5) is 4.70. The molecule has 0 spiro atoms. The number of hydrogen-bond donors (Lipinski definition) is 0. The zero-order valence-corrected chi connectivity index (χ0v) is 8.97. The van der Waals surface area contributed by atoms with Crippen LogP contribution in [0.4, 0.5) is 0 Å². The van der Waals surface area contributed by atoms with E-state index in [4.69, 9.17) is 4.98 Å². The van der Waals surface area contributed by atoms with Crippen LogP contribution < -0.4 is 0 Å². The number of rotatable bonds is 0. The van der Waals surface area contributed by atoms with Crippen LogP contribution in [0.5, 0.6) is 0 Å². The Labute approximate surface area is 87.3 Å². The van der Waals surface area contributed by atoms with Gasteiger partial charge in [-0.25, -0.2) is 4.98 Å². The second kappa shape index (κ2) is 3.02. The molecule has 3 heterocycles. The van der Waals surface area contributed by atoms with Gasteiger partial charge in [0.15, 0.2) is 0 Å². The third-order valence-electron chi connectivity index (χ3n) is 2.75. The van der Waals surface area contributed by atoms with E-state index in [2.05, 4.69) is 29.7 Å². The summed E-state index contributed by atoms with van der Waals surface area (Å²) in [7, 11) is 0. The van der Waals surface area contributed by atoms with Crippen LogP contribution in [0.25, 0.3) is 5.65 Å². The smallest absolute Gasteiger partial charge is 0.140 e. The lowest BCUT2D eigenvalue weighted by molar-refractivity contribution is 0.991. The zero-order chi connectivity index (χ0) is 9.54. The van der Waals surface area contributed by atoms with E-state index in [1.807, 2.05) is 11.8 Å². The summed E-state index contributed by atoms with van der Waals surface area (Å²) < 4.78 is 2.25. The van der Waals surface area contributed by atoms with Crippen molar-refractivity contribution in [2.24, 2.45) is 0 Å². The number of hydrogen-bond acceptors (Lipinski definition) is 2. The van der Waals surface area contributed by atoms with Crippen molar-refractivity contribution in [3.63, 3.8) is 0 Å². The standard InChI is InChI=1S/C11H12N2S/c1-8-3-2-5-13-10-7-14-6-4-9(10)12-11(8)13/h2-3,5H,4,6-7H2,1H3. The highest BCUT2D eigenvalue weighted by Crippen LogP contribution is 2.26. The van der Waals surface area contributed by atoms with Crippen LogP contribution in [0.15, 0.2) is 18.3 Å². The van der Waals surface area contributed by atoms with E-state index in [0.717, 1.165) is 17.8 Å². The quantitative estimate of drug-likeness (QED) is 0.655. The fourth-order valence-electron chi connectivity index (χ4n) is 1.99. The van der Waals surface area contributed by atoms with E-state index in [9.17, 15) is 0 Å². The molecule has 0 radical (unpaired) electrons. The topological polar surface area (TPSA) is 17.3 Å². The van der Waals surface area contributed by atoms with E-state index in [1.54, 1.807) is 0 Å². The third-order valence-corrected chi connectivity index (χ3v) is 3.72. The minimum Gasteiger partial charge on any atom is -0.303 e. The Morgan fingerprint density at radius 3 is 3.36 bits per heavy atom. The van der Waals surface area contributed by atoms with Gasteiger partial charge in [-0.05, 0) is 24.3 Å². The lowest BCUT2D eigenvalue weighted by atomic mass is 10.3. The number of pyridine rings is 1. The first-order chi connectivity index (χ1) is 6.86. The highest BCUT2D eigenvalue weighted by Gasteiger charge is 2.16. The second-order valence-electron chi connectivity index (χ2n) is 3.69. The summed E-state index contributed by atoms with van der Waals surface area (Å²) in [6.07, 6.45) is 3.25. The molecule has 3 rings (SSSR count). The summed E-state index contributed by atoms with van der Waals surface area (Å²) in [6, 6.07) is 4.23. The molecule has 0 bridgehead atoms. The van der Waals surface area contributed by atoms with Crippen molar-refractivity contribution < 1.29 is 0 Å². The molecule has 1 aliphatic rings. The highest BCUT2D eigenvalue weighted by atomic mass is 32.2. The number of fused-ring (bicyclic) bond motifs is 3. The van der Waals surface area contributed by atoms with Gasteiger partial charge in [0, 0.05) is 18.4 Å². The van der Waals surface area contributed by atoms with E-state index in [0.29, 0.717) is 0 Å². The molecule has 0 saturated carbocycles. The van der Waals surface area contributed by atoms with Crippen molar-refractivity contribution in [1.29, 1.82) is 0 Å². The minimum absolute atomic E-state index is 1.11. The summed E-state index contributed by atoms with van der Waals surface area (Å²) in [5, 5.41) is 0. The molecule has 0 atom stereocenters. The molecule has 2 aromatic rings. The molecule has 3 heteroatoms. The van der Waals surface area contributed by atoms with Gasteiger partial charge in [0.05, 0.1) is 11.4 Å². The summed E-state index contributed by atoms with van der Waals surface area (Å²) in [5.74, 6) is 2.33. The number of aromatic nitrogens is 2. The van der Waals surface area contributed by atoms with Crippen LogP contribution in [-0.2, 0) is 12.2 Å². The Kier molecular flexibility index (Phi) is 1.80. The van der Waals surface area contributed by atoms with Gasteiger partial charge in [-0.3, -0.25) is 0 Å². The van der Waals surface area contributed by atoms with Gasteiger partial charge in [-0.1, -0.05) is 6.07 Å². The van der Waals surface area contributed by atoms with Crippen molar-refractivity contribution in [3.05, 3.63) is 35.3 Å². The highest BCUT2D eigenvalue weighted by molar-refractivity contribution is 7.98. The van der Waals surface area contributed by atoms with E-state index in [-0.39, 0.29) is 0 Å². The molecule has 2 aromatic heterocycles. The van der Waals surface area contributed by atoms with Gasteiger partial charge in [0.2, 0.25) is 0 Å². The molecule has 0 amide bonds. The molecule has 0 aliphatic carbocycles. The average Bonchev–Trinajstić information content (AvgIpc) is 2.59. The van der Waals surface area contributed by atoms with Crippen LogP contribution in [0.3, 0.4) is 0 Å². The fourth-order valence-corrected chi connectivity index (χ4v) is 2.97. The molecule has 2 nitrogen and oxygen atoms in total. The molecule has 72 valence electrons. The monoisotopic (exact) mass is 204 g/mol. The Bertz CT molecular complexity index is 487. The lowest BCUT2D eigenvalue weighted by Crippen LogP contribution is -2.02. The first-order valence-electron chi connectivity index (χ1n) is 4.89. The van der Waals surface area contributed by atoms with Gasteiger partial charge in [-0.2, -0.15) is 11.8 Å². The maximum Gasteiger partial charge on any atom is 0.140 e. The van der Waals surface area contributed by atoms with E-state index >= 15 is 0 Å². The maximum absolute atomic E-state index is 4.70. The van der Waals surface area contributed by atoms with Gasteiger partial charge >= 0.3 is 0 Å². The zero-order valence-electron chi connectivity index (χ0n) is 8.16. The van der Waals surface area contributed by atoms with Crippen molar-refractivity contribution in [3.8, 4) is 0 Å². The van der Waals surface area contributed by atoms with Crippen LogP contribution >= 0.6 is 11.8 Å². The number of aryl methyl sites for hydroxylation is 2. The van der Waals surface area contributed by atoms with Crippen LogP contribution in [0.2, 0.25) is 0 Å². The molecule has 0 aromatic carbocycles. The molecule has 0 unspecified atom stereocenters. The van der Waals surface area contributed by atoms with Gasteiger partial charge in [0.25, 0.3) is 0 Å². The molecule has 14 heavy (non-hydrogen) atoms.